The molecule has 0 aromatic carbocycles. The monoisotopic (exact) mass is 257 g/mol. The summed E-state index contributed by atoms with van der Waals surface area (Å²) in [7, 11) is 0. The van der Waals surface area contributed by atoms with E-state index in [2.05, 4.69) is 30.4 Å². The smallest absolute Gasteiger partial charge is 0.188 e. The highest BCUT2D eigenvalue weighted by molar-refractivity contribution is 7.99. The van der Waals surface area contributed by atoms with Crippen LogP contribution in [0.4, 0.5) is 0 Å². The Balaban J connectivity index is 2.36. The van der Waals surface area contributed by atoms with Crippen LogP contribution in [0.1, 0.15) is 52.4 Å². The van der Waals surface area contributed by atoms with E-state index in [1.807, 2.05) is 11.8 Å². The molecule has 0 spiro atoms. The Bertz CT molecular complexity index is 243. The van der Waals surface area contributed by atoms with Crippen LogP contribution in [-0.2, 0) is 0 Å². The molecule has 1 fully saturated rings. The van der Waals surface area contributed by atoms with Crippen molar-refractivity contribution in [2.24, 2.45) is 10.7 Å². The van der Waals surface area contributed by atoms with Gasteiger partial charge in [-0.15, -0.1) is 0 Å². The molecule has 0 aromatic heterocycles. The van der Waals surface area contributed by atoms with Crippen LogP contribution in [0, 0.1) is 0 Å². The molecule has 0 aliphatic heterocycles. The Hall–Kier alpha value is -0.380. The number of hydrogen-bond acceptors (Lipinski definition) is 2. The third-order valence-electron chi connectivity index (χ3n) is 3.39. The molecule has 0 amide bonds. The predicted octanol–water partition coefficient (Wildman–Crippen LogP) is 2.76. The van der Waals surface area contributed by atoms with E-state index >= 15 is 0 Å². The third kappa shape index (κ3) is 6.20. The summed E-state index contributed by atoms with van der Waals surface area (Å²) in [6.45, 7) is 5.17. The van der Waals surface area contributed by atoms with Gasteiger partial charge >= 0.3 is 0 Å². The Morgan fingerprint density at radius 2 is 1.88 bits per heavy atom. The summed E-state index contributed by atoms with van der Waals surface area (Å²) in [6.07, 6.45) is 9.97. The number of guanidine groups is 1. The zero-order valence-electron chi connectivity index (χ0n) is 11.5. The topological polar surface area (TPSA) is 50.4 Å². The molecule has 1 rings (SSSR count). The van der Waals surface area contributed by atoms with E-state index < -0.39 is 0 Å². The molecular formula is C13H27N3S. The van der Waals surface area contributed by atoms with Gasteiger partial charge < -0.3 is 11.1 Å². The van der Waals surface area contributed by atoms with Crippen LogP contribution in [0.25, 0.3) is 0 Å². The normalized spacial score (nSPS) is 20.1. The van der Waals surface area contributed by atoms with Gasteiger partial charge in [0.1, 0.15) is 0 Å². The van der Waals surface area contributed by atoms with Crippen LogP contribution in [0.2, 0.25) is 0 Å². The molecule has 0 unspecified atom stereocenters. The summed E-state index contributed by atoms with van der Waals surface area (Å²) in [5, 5.41) is 3.37. The first-order valence-electron chi connectivity index (χ1n) is 6.65. The van der Waals surface area contributed by atoms with Crippen molar-refractivity contribution in [3.63, 3.8) is 0 Å². The lowest BCUT2D eigenvalue weighted by atomic mass is 10.1. The fraction of sp³-hybridized carbons (Fsp3) is 0.923. The van der Waals surface area contributed by atoms with Gasteiger partial charge in [-0.05, 0) is 32.9 Å². The van der Waals surface area contributed by atoms with Crippen molar-refractivity contribution in [3.8, 4) is 0 Å². The molecular weight excluding hydrogens is 230 g/mol. The van der Waals surface area contributed by atoms with Gasteiger partial charge in [0.2, 0.25) is 0 Å². The Morgan fingerprint density at radius 3 is 2.41 bits per heavy atom. The number of nitrogens with zero attached hydrogens (tertiary/aromatic N) is 1. The fourth-order valence-corrected chi connectivity index (χ4v) is 2.21. The number of aliphatic imine (C=N–C) groups is 1. The second kappa shape index (κ2) is 7.14. The molecule has 1 aliphatic carbocycles. The largest absolute Gasteiger partial charge is 0.370 e. The van der Waals surface area contributed by atoms with E-state index in [4.69, 9.17) is 5.73 Å². The van der Waals surface area contributed by atoms with Crippen molar-refractivity contribution in [3.05, 3.63) is 0 Å². The van der Waals surface area contributed by atoms with Gasteiger partial charge in [0.25, 0.3) is 0 Å². The molecule has 17 heavy (non-hydrogen) atoms. The van der Waals surface area contributed by atoms with Crippen molar-refractivity contribution in [1.82, 2.24) is 5.32 Å². The number of hydrogen-bond donors (Lipinski definition) is 2. The Morgan fingerprint density at radius 1 is 1.29 bits per heavy atom. The molecule has 1 aliphatic rings. The summed E-state index contributed by atoms with van der Waals surface area (Å²) >= 11 is 1.83. The van der Waals surface area contributed by atoms with E-state index in [0.29, 0.717) is 12.0 Å². The average molecular weight is 257 g/mol. The maximum Gasteiger partial charge on any atom is 0.188 e. The van der Waals surface area contributed by atoms with E-state index in [0.717, 1.165) is 6.54 Å². The van der Waals surface area contributed by atoms with E-state index in [9.17, 15) is 0 Å². The van der Waals surface area contributed by atoms with Crippen molar-refractivity contribution in [2.45, 2.75) is 63.2 Å². The molecule has 3 nitrogen and oxygen atoms in total. The van der Waals surface area contributed by atoms with E-state index in [1.54, 1.807) is 0 Å². The number of nitrogens with one attached hydrogen (secondary N) is 1. The summed E-state index contributed by atoms with van der Waals surface area (Å²) in [5.41, 5.74) is 5.95. The number of rotatable bonds is 4. The van der Waals surface area contributed by atoms with Crippen LogP contribution >= 0.6 is 11.8 Å². The molecule has 0 saturated heterocycles. The highest BCUT2D eigenvalue weighted by atomic mass is 32.2. The molecule has 0 aromatic rings. The highest BCUT2D eigenvalue weighted by Gasteiger charge is 2.16. The maximum atomic E-state index is 5.95. The van der Waals surface area contributed by atoms with Gasteiger partial charge in [0.05, 0.1) is 6.54 Å². The standard InChI is InChI=1S/C13H27N3S/c1-13(2,17-3)10-15-12(14)16-11-8-6-4-5-7-9-11/h11H,4-10H2,1-3H3,(H3,14,15,16). The van der Waals surface area contributed by atoms with Crippen molar-refractivity contribution in [2.75, 3.05) is 12.8 Å². The van der Waals surface area contributed by atoms with E-state index in [1.165, 1.54) is 38.5 Å². The zero-order valence-corrected chi connectivity index (χ0v) is 12.3. The van der Waals surface area contributed by atoms with Gasteiger partial charge in [-0.25, -0.2) is 0 Å². The average Bonchev–Trinajstić information content (AvgIpc) is 2.55. The molecule has 3 N–H and O–H groups in total. The summed E-state index contributed by atoms with van der Waals surface area (Å²) < 4.78 is 0.176. The molecule has 0 bridgehead atoms. The molecule has 1 saturated carbocycles. The maximum absolute atomic E-state index is 5.95. The van der Waals surface area contributed by atoms with Gasteiger partial charge in [0, 0.05) is 10.8 Å². The van der Waals surface area contributed by atoms with Crippen LogP contribution in [0.15, 0.2) is 4.99 Å². The number of thioether (sulfide) groups is 1. The molecule has 0 radical (unpaired) electrons. The van der Waals surface area contributed by atoms with Gasteiger partial charge in [0.15, 0.2) is 5.96 Å². The first kappa shape index (κ1) is 14.7. The molecule has 4 heteroatoms. The first-order valence-corrected chi connectivity index (χ1v) is 7.87. The Labute approximate surface area is 110 Å². The molecule has 100 valence electrons. The van der Waals surface area contributed by atoms with Gasteiger partial charge in [-0.1, -0.05) is 25.7 Å². The Kier molecular flexibility index (Phi) is 6.17. The van der Waals surface area contributed by atoms with Crippen molar-refractivity contribution < 1.29 is 0 Å². The van der Waals surface area contributed by atoms with Crippen LogP contribution < -0.4 is 11.1 Å². The number of nitrogens with two attached hydrogens (primary N) is 1. The SMILES string of the molecule is CSC(C)(C)CN=C(N)NC1CCCCCC1. The highest BCUT2D eigenvalue weighted by Crippen LogP contribution is 2.21. The van der Waals surface area contributed by atoms with Crippen LogP contribution in [0.5, 0.6) is 0 Å². The lowest BCUT2D eigenvalue weighted by Gasteiger charge is -2.21. The quantitative estimate of drug-likeness (QED) is 0.462. The molecule has 0 atom stereocenters. The van der Waals surface area contributed by atoms with Crippen molar-refractivity contribution in [1.29, 1.82) is 0 Å². The first-order chi connectivity index (χ1) is 8.03. The summed E-state index contributed by atoms with van der Waals surface area (Å²) in [5.74, 6) is 0.624. The summed E-state index contributed by atoms with van der Waals surface area (Å²) in [4.78, 5) is 4.45. The minimum Gasteiger partial charge on any atom is -0.370 e. The second-order valence-corrected chi connectivity index (χ2v) is 7.01. The lowest BCUT2D eigenvalue weighted by Crippen LogP contribution is -2.40. The minimum absolute atomic E-state index is 0.176. The third-order valence-corrected chi connectivity index (χ3v) is 4.62. The van der Waals surface area contributed by atoms with Gasteiger partial charge in [-0.2, -0.15) is 11.8 Å². The second-order valence-electron chi connectivity index (χ2n) is 5.50. The van der Waals surface area contributed by atoms with Crippen molar-refractivity contribution >= 4 is 17.7 Å². The van der Waals surface area contributed by atoms with E-state index in [-0.39, 0.29) is 4.75 Å². The van der Waals surface area contributed by atoms with Crippen LogP contribution in [0.3, 0.4) is 0 Å². The lowest BCUT2D eigenvalue weighted by molar-refractivity contribution is 0.529. The zero-order chi connectivity index (χ0) is 12.7. The predicted molar refractivity (Wildman–Crippen MR) is 78.7 cm³/mol. The fourth-order valence-electron chi connectivity index (χ4n) is 2.02. The van der Waals surface area contributed by atoms with Gasteiger partial charge in [-0.3, -0.25) is 4.99 Å². The van der Waals surface area contributed by atoms with Crippen LogP contribution in [-0.4, -0.2) is 29.5 Å². The molecule has 0 heterocycles. The minimum atomic E-state index is 0.176. The summed E-state index contributed by atoms with van der Waals surface area (Å²) in [6, 6.07) is 0.540.